The van der Waals surface area contributed by atoms with Crippen LogP contribution in [-0.2, 0) is 17.8 Å². The summed E-state index contributed by atoms with van der Waals surface area (Å²) in [6.07, 6.45) is 2.14. The van der Waals surface area contributed by atoms with Gasteiger partial charge in [0.15, 0.2) is 0 Å². The van der Waals surface area contributed by atoms with E-state index in [2.05, 4.69) is 4.90 Å². The number of likely N-dealkylation sites (tertiary alicyclic amines) is 1. The van der Waals surface area contributed by atoms with Crippen LogP contribution >= 0.6 is 0 Å². The molecule has 19 heavy (non-hydrogen) atoms. The summed E-state index contributed by atoms with van der Waals surface area (Å²) in [4.78, 5) is 13.2. The average Bonchev–Trinajstić information content (AvgIpc) is 2.41. The first-order valence-corrected chi connectivity index (χ1v) is 6.81. The quantitative estimate of drug-likeness (QED) is 0.845. The van der Waals surface area contributed by atoms with Crippen LogP contribution in [0.1, 0.15) is 24.0 Å². The first-order valence-electron chi connectivity index (χ1n) is 6.81. The molecule has 0 unspecified atom stereocenters. The Morgan fingerprint density at radius 1 is 1.21 bits per heavy atom. The van der Waals surface area contributed by atoms with Crippen LogP contribution < -0.4 is 0 Å². The van der Waals surface area contributed by atoms with E-state index in [1.165, 1.54) is 0 Å². The van der Waals surface area contributed by atoms with Gasteiger partial charge in [-0.2, -0.15) is 0 Å². The molecule has 1 saturated heterocycles. The number of hydrogen-bond acceptors (Lipinski definition) is 3. The molecule has 1 aliphatic rings. The highest BCUT2D eigenvalue weighted by Gasteiger charge is 2.19. The molecule has 0 amide bonds. The molecule has 4 nitrogen and oxygen atoms in total. The van der Waals surface area contributed by atoms with Crippen LogP contribution in [0, 0.1) is 5.92 Å². The van der Waals surface area contributed by atoms with Gasteiger partial charge in [0.1, 0.15) is 0 Å². The normalized spacial score (nSPS) is 17.5. The van der Waals surface area contributed by atoms with E-state index >= 15 is 0 Å². The van der Waals surface area contributed by atoms with Crippen LogP contribution in [-0.4, -0.2) is 40.8 Å². The van der Waals surface area contributed by atoms with Gasteiger partial charge in [0, 0.05) is 13.2 Å². The molecule has 104 valence electrons. The molecule has 2 N–H and O–H groups in total. The molecular weight excluding hydrogens is 242 g/mol. The van der Waals surface area contributed by atoms with E-state index in [0.717, 1.165) is 43.6 Å². The van der Waals surface area contributed by atoms with Crippen molar-refractivity contribution in [1.82, 2.24) is 4.90 Å². The van der Waals surface area contributed by atoms with Gasteiger partial charge in [-0.25, -0.2) is 0 Å². The number of carboxylic acid groups (broad SMARTS) is 1. The lowest BCUT2D eigenvalue weighted by atomic mass is 9.96. The molecule has 1 heterocycles. The SMILES string of the molecule is O=C(O)Cc1ccccc1CN1CCC(CO)CC1. The van der Waals surface area contributed by atoms with E-state index in [1.54, 1.807) is 0 Å². The van der Waals surface area contributed by atoms with Gasteiger partial charge in [-0.1, -0.05) is 24.3 Å². The van der Waals surface area contributed by atoms with Crippen molar-refractivity contribution in [2.45, 2.75) is 25.8 Å². The molecule has 0 aliphatic carbocycles. The number of hydrogen-bond donors (Lipinski definition) is 2. The van der Waals surface area contributed by atoms with Crippen molar-refractivity contribution in [3.05, 3.63) is 35.4 Å². The van der Waals surface area contributed by atoms with Crippen LogP contribution in [0.2, 0.25) is 0 Å². The molecule has 0 aromatic heterocycles. The largest absolute Gasteiger partial charge is 0.481 e. The number of nitrogens with zero attached hydrogens (tertiary/aromatic N) is 1. The fourth-order valence-corrected chi connectivity index (χ4v) is 2.62. The Balaban J connectivity index is 1.97. The smallest absolute Gasteiger partial charge is 0.307 e. The lowest BCUT2D eigenvalue weighted by Crippen LogP contribution is -2.34. The van der Waals surface area contributed by atoms with E-state index in [4.69, 9.17) is 10.2 Å². The van der Waals surface area contributed by atoms with Gasteiger partial charge in [-0.15, -0.1) is 0 Å². The maximum atomic E-state index is 10.9. The number of aliphatic carboxylic acids is 1. The molecule has 0 radical (unpaired) electrons. The van der Waals surface area contributed by atoms with Crippen LogP contribution in [0.25, 0.3) is 0 Å². The van der Waals surface area contributed by atoms with Gasteiger partial charge in [0.2, 0.25) is 0 Å². The second kappa shape index (κ2) is 6.68. The van der Waals surface area contributed by atoms with Crippen molar-refractivity contribution in [2.75, 3.05) is 19.7 Å². The minimum atomic E-state index is -0.786. The molecule has 2 rings (SSSR count). The molecule has 0 spiro atoms. The van der Waals surface area contributed by atoms with Crippen molar-refractivity contribution in [1.29, 1.82) is 0 Å². The Bertz CT molecular complexity index is 425. The van der Waals surface area contributed by atoms with E-state index in [1.807, 2.05) is 24.3 Å². The Morgan fingerprint density at radius 3 is 2.42 bits per heavy atom. The highest BCUT2D eigenvalue weighted by molar-refractivity contribution is 5.70. The summed E-state index contributed by atoms with van der Waals surface area (Å²) >= 11 is 0. The molecule has 4 heteroatoms. The lowest BCUT2D eigenvalue weighted by Gasteiger charge is -2.31. The number of rotatable bonds is 5. The summed E-state index contributed by atoms with van der Waals surface area (Å²) in [7, 11) is 0. The Morgan fingerprint density at radius 2 is 1.84 bits per heavy atom. The second-order valence-electron chi connectivity index (χ2n) is 5.24. The number of aliphatic hydroxyl groups excluding tert-OH is 1. The number of piperidine rings is 1. The fraction of sp³-hybridized carbons (Fsp3) is 0.533. The number of carbonyl (C=O) groups is 1. The van der Waals surface area contributed by atoms with Crippen LogP contribution in [0.15, 0.2) is 24.3 Å². The zero-order valence-corrected chi connectivity index (χ0v) is 11.1. The number of aliphatic hydroxyl groups is 1. The van der Waals surface area contributed by atoms with Gasteiger partial charge >= 0.3 is 5.97 Å². The zero-order valence-electron chi connectivity index (χ0n) is 11.1. The van der Waals surface area contributed by atoms with Crippen molar-refractivity contribution in [2.24, 2.45) is 5.92 Å². The summed E-state index contributed by atoms with van der Waals surface area (Å²) in [6.45, 7) is 3.05. The minimum absolute atomic E-state index is 0.0866. The Labute approximate surface area is 113 Å². The number of carboxylic acids is 1. The minimum Gasteiger partial charge on any atom is -0.481 e. The van der Waals surface area contributed by atoms with Gasteiger partial charge in [-0.3, -0.25) is 9.69 Å². The summed E-state index contributed by atoms with van der Waals surface area (Å²) in [5.41, 5.74) is 2.01. The van der Waals surface area contributed by atoms with E-state index in [0.29, 0.717) is 5.92 Å². The fourth-order valence-electron chi connectivity index (χ4n) is 2.62. The van der Waals surface area contributed by atoms with Crippen LogP contribution in [0.3, 0.4) is 0 Å². The monoisotopic (exact) mass is 263 g/mol. The van der Waals surface area contributed by atoms with E-state index in [9.17, 15) is 4.79 Å². The Hall–Kier alpha value is -1.39. The predicted molar refractivity (Wildman–Crippen MR) is 72.9 cm³/mol. The van der Waals surface area contributed by atoms with Gasteiger partial charge in [0.05, 0.1) is 6.42 Å². The van der Waals surface area contributed by atoms with Crippen molar-refractivity contribution < 1.29 is 15.0 Å². The Kier molecular flexibility index (Phi) is 4.93. The summed E-state index contributed by atoms with van der Waals surface area (Å²) in [5, 5.41) is 18.0. The topological polar surface area (TPSA) is 60.8 Å². The average molecular weight is 263 g/mol. The van der Waals surface area contributed by atoms with Crippen molar-refractivity contribution >= 4 is 5.97 Å². The molecule has 1 aromatic carbocycles. The maximum Gasteiger partial charge on any atom is 0.307 e. The third-order valence-corrected chi connectivity index (χ3v) is 3.82. The van der Waals surface area contributed by atoms with Crippen molar-refractivity contribution in [3.8, 4) is 0 Å². The molecule has 0 saturated carbocycles. The standard InChI is InChI=1S/C15H21NO3/c17-11-12-5-7-16(8-6-12)10-14-4-2-1-3-13(14)9-15(18)19/h1-4,12,17H,5-11H2,(H,18,19). The molecule has 0 atom stereocenters. The molecule has 1 fully saturated rings. The molecule has 0 bridgehead atoms. The summed E-state index contributed by atoms with van der Waals surface area (Å²) in [6, 6.07) is 7.75. The first kappa shape index (κ1) is 14.0. The molecule has 1 aromatic rings. The third-order valence-electron chi connectivity index (χ3n) is 3.82. The van der Waals surface area contributed by atoms with Crippen LogP contribution in [0.4, 0.5) is 0 Å². The number of benzene rings is 1. The van der Waals surface area contributed by atoms with Gasteiger partial charge in [-0.05, 0) is 43.0 Å². The van der Waals surface area contributed by atoms with E-state index in [-0.39, 0.29) is 13.0 Å². The van der Waals surface area contributed by atoms with Crippen LogP contribution in [0.5, 0.6) is 0 Å². The lowest BCUT2D eigenvalue weighted by molar-refractivity contribution is -0.136. The summed E-state index contributed by atoms with van der Waals surface area (Å²) in [5.74, 6) is -0.350. The first-order chi connectivity index (χ1) is 9.19. The highest BCUT2D eigenvalue weighted by Crippen LogP contribution is 2.20. The highest BCUT2D eigenvalue weighted by atomic mass is 16.4. The predicted octanol–water partition coefficient (Wildman–Crippen LogP) is 1.52. The van der Waals surface area contributed by atoms with E-state index < -0.39 is 5.97 Å². The second-order valence-corrected chi connectivity index (χ2v) is 5.24. The van der Waals surface area contributed by atoms with Gasteiger partial charge in [0.25, 0.3) is 0 Å². The maximum absolute atomic E-state index is 10.9. The third kappa shape index (κ3) is 4.04. The summed E-state index contributed by atoms with van der Waals surface area (Å²) < 4.78 is 0. The zero-order chi connectivity index (χ0) is 13.7. The van der Waals surface area contributed by atoms with Gasteiger partial charge < -0.3 is 10.2 Å². The van der Waals surface area contributed by atoms with Crippen molar-refractivity contribution in [3.63, 3.8) is 0 Å². The molecule has 1 aliphatic heterocycles. The molecular formula is C15H21NO3.